The highest BCUT2D eigenvalue weighted by molar-refractivity contribution is 9.11. The second-order valence-electron chi connectivity index (χ2n) is 3.18. The average molecular weight is 376 g/mol. The molecule has 1 aromatic rings. The molecule has 0 aliphatic carbocycles. The average Bonchev–Trinajstić information content (AvgIpc) is 2.27. The molecule has 0 aliphatic rings. The molecule has 0 amide bonds. The van der Waals surface area contributed by atoms with Gasteiger partial charge in [-0.15, -0.1) is 5.10 Å². The van der Waals surface area contributed by atoms with Crippen LogP contribution in [-0.4, -0.2) is 18.8 Å². The zero-order valence-electron chi connectivity index (χ0n) is 9.44. The van der Waals surface area contributed by atoms with Crippen LogP contribution in [0.25, 0.3) is 0 Å². The summed E-state index contributed by atoms with van der Waals surface area (Å²) in [4.78, 5) is 0. The molecule has 0 atom stereocenters. The van der Waals surface area contributed by atoms with E-state index in [1.165, 1.54) is 6.21 Å². The summed E-state index contributed by atoms with van der Waals surface area (Å²) in [6.45, 7) is 4.02. The van der Waals surface area contributed by atoms with Crippen LogP contribution in [0.2, 0.25) is 0 Å². The van der Waals surface area contributed by atoms with Gasteiger partial charge in [-0.1, -0.05) is 12.7 Å². The number of benzene rings is 1. The summed E-state index contributed by atoms with van der Waals surface area (Å²) >= 11 is 6.83. The molecule has 0 aliphatic heterocycles. The Morgan fingerprint density at radius 1 is 1.33 bits per heavy atom. The van der Waals surface area contributed by atoms with Crippen LogP contribution in [0.3, 0.4) is 0 Å². The van der Waals surface area contributed by atoms with Crippen LogP contribution in [0.15, 0.2) is 43.9 Å². The van der Waals surface area contributed by atoms with Crippen molar-refractivity contribution in [3.8, 4) is 5.75 Å². The van der Waals surface area contributed by atoms with Crippen LogP contribution < -0.4 is 16.2 Å². The first-order valence-corrected chi connectivity index (χ1v) is 6.48. The zero-order valence-corrected chi connectivity index (χ0v) is 12.6. The SMILES string of the molecule is C=CCOc1c(Br)cc(/C=N/N=C(N)N)cc1Br. The summed E-state index contributed by atoms with van der Waals surface area (Å²) in [7, 11) is 0. The summed E-state index contributed by atoms with van der Waals surface area (Å²) in [6.07, 6.45) is 3.21. The lowest BCUT2D eigenvalue weighted by Crippen LogP contribution is -2.21. The second kappa shape index (κ2) is 7.17. The Labute approximate surface area is 122 Å². The van der Waals surface area contributed by atoms with Crippen molar-refractivity contribution in [3.63, 3.8) is 0 Å². The zero-order chi connectivity index (χ0) is 13.5. The summed E-state index contributed by atoms with van der Waals surface area (Å²) < 4.78 is 7.08. The number of hydrogen-bond acceptors (Lipinski definition) is 3. The molecule has 0 saturated heterocycles. The van der Waals surface area contributed by atoms with Crippen molar-refractivity contribution in [2.24, 2.45) is 21.7 Å². The lowest BCUT2D eigenvalue weighted by Gasteiger charge is -2.09. The Morgan fingerprint density at radius 2 is 1.94 bits per heavy atom. The molecule has 5 nitrogen and oxygen atoms in total. The van der Waals surface area contributed by atoms with Crippen molar-refractivity contribution in [2.75, 3.05) is 6.61 Å². The highest BCUT2D eigenvalue weighted by Crippen LogP contribution is 2.34. The number of ether oxygens (including phenoxy) is 1. The fraction of sp³-hybridized carbons (Fsp3) is 0.0909. The first-order valence-electron chi connectivity index (χ1n) is 4.89. The van der Waals surface area contributed by atoms with Crippen molar-refractivity contribution in [3.05, 3.63) is 39.3 Å². The van der Waals surface area contributed by atoms with E-state index in [9.17, 15) is 0 Å². The van der Waals surface area contributed by atoms with E-state index < -0.39 is 0 Å². The summed E-state index contributed by atoms with van der Waals surface area (Å²) in [6, 6.07) is 3.68. The molecule has 0 bridgehead atoms. The standard InChI is InChI=1S/C11H12Br2N4O/c1-2-3-18-10-8(12)4-7(5-9(10)13)6-16-17-11(14)15/h2,4-6H,1,3H2,(H4,14,15,17)/b16-6+. The maximum Gasteiger partial charge on any atom is 0.211 e. The van der Waals surface area contributed by atoms with Gasteiger partial charge in [0.1, 0.15) is 12.4 Å². The largest absolute Gasteiger partial charge is 0.487 e. The van der Waals surface area contributed by atoms with Gasteiger partial charge in [0.2, 0.25) is 5.96 Å². The quantitative estimate of drug-likeness (QED) is 0.358. The van der Waals surface area contributed by atoms with E-state index in [4.69, 9.17) is 16.2 Å². The molecular formula is C11H12Br2N4O. The number of nitrogens with two attached hydrogens (primary N) is 2. The minimum atomic E-state index is -0.0877. The van der Waals surface area contributed by atoms with Crippen molar-refractivity contribution in [1.82, 2.24) is 0 Å². The lowest BCUT2D eigenvalue weighted by atomic mass is 10.2. The monoisotopic (exact) mass is 374 g/mol. The fourth-order valence-corrected chi connectivity index (χ4v) is 2.55. The van der Waals surface area contributed by atoms with Crippen molar-refractivity contribution < 1.29 is 4.74 Å². The molecular weight excluding hydrogens is 364 g/mol. The molecule has 4 N–H and O–H groups in total. The predicted molar refractivity (Wildman–Crippen MR) is 80.9 cm³/mol. The van der Waals surface area contributed by atoms with Crippen molar-refractivity contribution in [2.45, 2.75) is 0 Å². The first-order chi connectivity index (χ1) is 8.54. The van der Waals surface area contributed by atoms with E-state index in [-0.39, 0.29) is 5.96 Å². The molecule has 96 valence electrons. The highest BCUT2D eigenvalue weighted by atomic mass is 79.9. The minimum Gasteiger partial charge on any atom is -0.487 e. The number of halogens is 2. The third kappa shape index (κ3) is 4.50. The van der Waals surface area contributed by atoms with E-state index in [0.29, 0.717) is 12.4 Å². The Kier molecular flexibility index (Phi) is 5.87. The normalized spacial score (nSPS) is 10.3. The van der Waals surface area contributed by atoms with Gasteiger partial charge in [-0.05, 0) is 49.6 Å². The van der Waals surface area contributed by atoms with Crippen molar-refractivity contribution in [1.29, 1.82) is 0 Å². The van der Waals surface area contributed by atoms with E-state index in [1.54, 1.807) is 6.08 Å². The topological polar surface area (TPSA) is 86.0 Å². The predicted octanol–water partition coefficient (Wildman–Crippen LogP) is 2.38. The number of guanidine groups is 1. The maximum atomic E-state index is 5.49. The lowest BCUT2D eigenvalue weighted by molar-refractivity contribution is 0.358. The summed E-state index contributed by atoms with van der Waals surface area (Å²) in [5.41, 5.74) is 11.1. The van der Waals surface area contributed by atoms with Gasteiger partial charge in [-0.2, -0.15) is 5.10 Å². The molecule has 0 aromatic heterocycles. The maximum absolute atomic E-state index is 5.49. The van der Waals surface area contributed by atoms with E-state index in [2.05, 4.69) is 48.6 Å². The Bertz CT molecular complexity index is 473. The van der Waals surface area contributed by atoms with Gasteiger partial charge in [0.15, 0.2) is 0 Å². The van der Waals surface area contributed by atoms with Crippen LogP contribution in [0.5, 0.6) is 5.75 Å². The van der Waals surface area contributed by atoms with Crippen LogP contribution >= 0.6 is 31.9 Å². The molecule has 0 heterocycles. The van der Waals surface area contributed by atoms with Gasteiger partial charge in [-0.3, -0.25) is 0 Å². The molecule has 0 fully saturated rings. The minimum absolute atomic E-state index is 0.0877. The van der Waals surface area contributed by atoms with E-state index in [1.807, 2.05) is 12.1 Å². The van der Waals surface area contributed by atoms with Gasteiger partial charge in [0.25, 0.3) is 0 Å². The Hall–Kier alpha value is -1.34. The number of hydrogen-bond donors (Lipinski definition) is 2. The Morgan fingerprint density at radius 3 is 2.44 bits per heavy atom. The van der Waals surface area contributed by atoms with Gasteiger partial charge in [-0.25, -0.2) is 0 Å². The molecule has 0 radical (unpaired) electrons. The van der Waals surface area contributed by atoms with Crippen LogP contribution in [-0.2, 0) is 0 Å². The van der Waals surface area contributed by atoms with Gasteiger partial charge < -0.3 is 16.2 Å². The third-order valence-electron chi connectivity index (χ3n) is 1.75. The van der Waals surface area contributed by atoms with Crippen LogP contribution in [0.1, 0.15) is 5.56 Å². The summed E-state index contributed by atoms with van der Waals surface area (Å²) in [5.74, 6) is 0.615. The molecule has 0 spiro atoms. The van der Waals surface area contributed by atoms with Gasteiger partial charge >= 0.3 is 0 Å². The molecule has 0 saturated carbocycles. The van der Waals surface area contributed by atoms with Crippen LogP contribution in [0.4, 0.5) is 0 Å². The smallest absolute Gasteiger partial charge is 0.211 e. The molecule has 1 rings (SSSR count). The van der Waals surface area contributed by atoms with Gasteiger partial charge in [0.05, 0.1) is 15.2 Å². The molecule has 7 heteroatoms. The van der Waals surface area contributed by atoms with Gasteiger partial charge in [0, 0.05) is 0 Å². The number of rotatable bonds is 5. The fourth-order valence-electron chi connectivity index (χ4n) is 1.10. The third-order valence-corrected chi connectivity index (χ3v) is 2.92. The first kappa shape index (κ1) is 14.7. The number of nitrogens with zero attached hydrogens (tertiary/aromatic N) is 2. The second-order valence-corrected chi connectivity index (χ2v) is 4.89. The van der Waals surface area contributed by atoms with Crippen LogP contribution in [0, 0.1) is 0 Å². The Balaban J connectivity index is 2.95. The molecule has 0 unspecified atom stereocenters. The highest BCUT2D eigenvalue weighted by Gasteiger charge is 2.07. The summed E-state index contributed by atoms with van der Waals surface area (Å²) in [5, 5.41) is 7.25. The van der Waals surface area contributed by atoms with Crippen molar-refractivity contribution >= 4 is 44.0 Å². The molecule has 18 heavy (non-hydrogen) atoms. The van der Waals surface area contributed by atoms with E-state index in [0.717, 1.165) is 14.5 Å². The molecule has 1 aromatic carbocycles. The van der Waals surface area contributed by atoms with E-state index >= 15 is 0 Å².